The molecule has 0 unspecified atom stereocenters. The van der Waals surface area contributed by atoms with Gasteiger partial charge in [0.05, 0.1) is 32.6 Å². The Morgan fingerprint density at radius 2 is 1.88 bits per heavy atom. The molecule has 0 spiro atoms. The molecular weight excluding hydrogens is 438 g/mol. The quantitative estimate of drug-likeness (QED) is 0.448. The molecule has 1 aliphatic rings. The molecule has 9 heteroatoms. The van der Waals surface area contributed by atoms with Gasteiger partial charge in [-0.15, -0.1) is 0 Å². The maximum atomic E-state index is 12.7. The van der Waals surface area contributed by atoms with Crippen molar-refractivity contribution in [2.45, 2.75) is 6.92 Å². The van der Waals surface area contributed by atoms with E-state index in [0.29, 0.717) is 61.4 Å². The molecule has 0 radical (unpaired) electrons. The van der Waals surface area contributed by atoms with Gasteiger partial charge in [-0.2, -0.15) is 5.26 Å². The van der Waals surface area contributed by atoms with Gasteiger partial charge in [0.2, 0.25) is 0 Å². The fraction of sp³-hybridized carbons (Fsp3) is 0.320. The molecule has 0 aromatic heterocycles. The minimum Gasteiger partial charge on any atom is -0.495 e. The van der Waals surface area contributed by atoms with Crippen molar-refractivity contribution in [1.82, 2.24) is 4.90 Å². The summed E-state index contributed by atoms with van der Waals surface area (Å²) in [6.45, 7) is 4.19. The number of nitrogens with one attached hydrogen (secondary N) is 1. The van der Waals surface area contributed by atoms with Gasteiger partial charge in [-0.1, -0.05) is 18.2 Å². The maximum absolute atomic E-state index is 12.7. The van der Waals surface area contributed by atoms with E-state index < -0.39 is 5.91 Å². The van der Waals surface area contributed by atoms with Crippen LogP contribution >= 0.6 is 0 Å². The molecule has 3 rings (SSSR count). The minimum absolute atomic E-state index is 0.0930. The van der Waals surface area contributed by atoms with E-state index in [2.05, 4.69) is 5.32 Å². The number of ether oxygens (including phenoxy) is 4. The third kappa shape index (κ3) is 6.49. The SMILES string of the molecule is CCOc1cc(C=C(C#N)C(=O)Nc2ccccc2OC)ccc1OCC(=O)N1CCOCC1. The van der Waals surface area contributed by atoms with Crippen LogP contribution in [0.4, 0.5) is 5.69 Å². The first kappa shape index (κ1) is 24.6. The van der Waals surface area contributed by atoms with Crippen LogP contribution in [0.15, 0.2) is 48.0 Å². The molecule has 1 saturated heterocycles. The lowest BCUT2D eigenvalue weighted by molar-refractivity contribution is -0.137. The van der Waals surface area contributed by atoms with Gasteiger partial charge in [-0.3, -0.25) is 9.59 Å². The number of carbonyl (C=O) groups is 2. The molecule has 1 fully saturated rings. The zero-order valence-electron chi connectivity index (χ0n) is 19.2. The van der Waals surface area contributed by atoms with Crippen molar-refractivity contribution < 1.29 is 28.5 Å². The normalized spacial score (nSPS) is 13.6. The number of nitriles is 1. The first-order valence-electron chi connectivity index (χ1n) is 10.9. The molecule has 178 valence electrons. The zero-order valence-corrected chi connectivity index (χ0v) is 19.2. The van der Waals surface area contributed by atoms with Gasteiger partial charge in [0.15, 0.2) is 18.1 Å². The van der Waals surface area contributed by atoms with Crippen molar-refractivity contribution in [2.75, 3.05) is 51.9 Å². The van der Waals surface area contributed by atoms with Crippen molar-refractivity contribution in [3.05, 3.63) is 53.6 Å². The number of anilines is 1. The first-order chi connectivity index (χ1) is 16.5. The van der Waals surface area contributed by atoms with Gasteiger partial charge in [0.25, 0.3) is 11.8 Å². The zero-order chi connectivity index (χ0) is 24.3. The van der Waals surface area contributed by atoms with E-state index in [9.17, 15) is 14.9 Å². The van der Waals surface area contributed by atoms with E-state index in [0.717, 1.165) is 0 Å². The molecule has 0 aliphatic carbocycles. The van der Waals surface area contributed by atoms with Gasteiger partial charge in [0.1, 0.15) is 17.4 Å². The number of para-hydroxylation sites is 2. The molecule has 34 heavy (non-hydrogen) atoms. The number of morpholine rings is 1. The standard InChI is InChI=1S/C25H27N3O6/c1-3-33-23-15-18(8-9-22(23)34-17-24(29)28-10-12-32-13-11-28)14-19(16-26)25(30)27-20-6-4-5-7-21(20)31-2/h4-9,14-15H,3,10-13,17H2,1-2H3,(H,27,30). The fourth-order valence-electron chi connectivity index (χ4n) is 3.30. The summed E-state index contributed by atoms with van der Waals surface area (Å²) < 4.78 is 21.9. The second kappa shape index (κ2) is 12.3. The topological polar surface area (TPSA) is 110 Å². The Labute approximate surface area is 198 Å². The van der Waals surface area contributed by atoms with Gasteiger partial charge in [-0.25, -0.2) is 0 Å². The number of methoxy groups -OCH3 is 1. The van der Waals surface area contributed by atoms with E-state index in [1.165, 1.54) is 13.2 Å². The number of rotatable bonds is 9. The maximum Gasteiger partial charge on any atom is 0.266 e. The van der Waals surface area contributed by atoms with Crippen LogP contribution in [-0.2, 0) is 14.3 Å². The van der Waals surface area contributed by atoms with Crippen LogP contribution in [0.2, 0.25) is 0 Å². The smallest absolute Gasteiger partial charge is 0.266 e. The largest absolute Gasteiger partial charge is 0.495 e. The highest BCUT2D eigenvalue weighted by atomic mass is 16.5. The summed E-state index contributed by atoms with van der Waals surface area (Å²) in [6.07, 6.45) is 1.45. The Balaban J connectivity index is 1.73. The Morgan fingerprint density at radius 3 is 2.59 bits per heavy atom. The molecule has 1 N–H and O–H groups in total. The van der Waals surface area contributed by atoms with E-state index in [4.69, 9.17) is 18.9 Å². The summed E-state index contributed by atoms with van der Waals surface area (Å²) in [6, 6.07) is 13.8. The molecule has 0 saturated carbocycles. The van der Waals surface area contributed by atoms with Gasteiger partial charge in [0, 0.05) is 13.1 Å². The highest BCUT2D eigenvalue weighted by Crippen LogP contribution is 2.30. The van der Waals surface area contributed by atoms with E-state index in [1.807, 2.05) is 13.0 Å². The van der Waals surface area contributed by atoms with Crippen LogP contribution in [0.5, 0.6) is 17.2 Å². The van der Waals surface area contributed by atoms with Crippen molar-refractivity contribution in [1.29, 1.82) is 5.26 Å². The van der Waals surface area contributed by atoms with Crippen molar-refractivity contribution >= 4 is 23.6 Å². The lowest BCUT2D eigenvalue weighted by Gasteiger charge is -2.26. The molecule has 0 atom stereocenters. The number of nitrogens with zero attached hydrogens (tertiary/aromatic N) is 2. The van der Waals surface area contributed by atoms with Gasteiger partial charge < -0.3 is 29.2 Å². The number of carbonyl (C=O) groups excluding carboxylic acids is 2. The third-order valence-electron chi connectivity index (χ3n) is 5.01. The fourth-order valence-corrected chi connectivity index (χ4v) is 3.30. The highest BCUT2D eigenvalue weighted by Gasteiger charge is 2.18. The lowest BCUT2D eigenvalue weighted by atomic mass is 10.1. The van der Waals surface area contributed by atoms with E-state index in [1.54, 1.807) is 47.4 Å². The van der Waals surface area contributed by atoms with Crippen LogP contribution in [0, 0.1) is 11.3 Å². The van der Waals surface area contributed by atoms with Crippen LogP contribution in [0.3, 0.4) is 0 Å². The average Bonchev–Trinajstić information content (AvgIpc) is 2.87. The number of hydrogen-bond donors (Lipinski definition) is 1. The summed E-state index contributed by atoms with van der Waals surface area (Å²) in [5.74, 6) is 0.599. The van der Waals surface area contributed by atoms with Gasteiger partial charge in [-0.05, 0) is 42.8 Å². The predicted molar refractivity (Wildman–Crippen MR) is 126 cm³/mol. The molecule has 2 amide bonds. The summed E-state index contributed by atoms with van der Waals surface area (Å²) in [5, 5.41) is 12.2. The Hall–Kier alpha value is -4.03. The van der Waals surface area contributed by atoms with Crippen LogP contribution in [-0.4, -0.2) is 63.3 Å². The summed E-state index contributed by atoms with van der Waals surface area (Å²) in [5.41, 5.74) is 0.936. The van der Waals surface area contributed by atoms with E-state index >= 15 is 0 Å². The number of hydrogen-bond acceptors (Lipinski definition) is 7. The van der Waals surface area contributed by atoms with Crippen molar-refractivity contribution in [3.63, 3.8) is 0 Å². The van der Waals surface area contributed by atoms with Crippen LogP contribution in [0.25, 0.3) is 6.08 Å². The Morgan fingerprint density at radius 1 is 1.12 bits per heavy atom. The third-order valence-corrected chi connectivity index (χ3v) is 5.01. The first-order valence-corrected chi connectivity index (χ1v) is 10.9. The molecular formula is C25H27N3O6. The molecule has 1 aliphatic heterocycles. The van der Waals surface area contributed by atoms with Gasteiger partial charge >= 0.3 is 0 Å². The van der Waals surface area contributed by atoms with Crippen molar-refractivity contribution in [3.8, 4) is 23.3 Å². The summed E-state index contributed by atoms with van der Waals surface area (Å²) in [7, 11) is 1.50. The second-order valence-corrected chi connectivity index (χ2v) is 7.25. The molecule has 0 bridgehead atoms. The Kier molecular flexibility index (Phi) is 8.88. The lowest BCUT2D eigenvalue weighted by Crippen LogP contribution is -2.43. The molecule has 2 aromatic rings. The monoisotopic (exact) mass is 465 g/mol. The average molecular weight is 466 g/mol. The molecule has 1 heterocycles. The Bertz CT molecular complexity index is 1090. The van der Waals surface area contributed by atoms with E-state index in [-0.39, 0.29) is 18.1 Å². The van der Waals surface area contributed by atoms with Crippen molar-refractivity contribution in [2.24, 2.45) is 0 Å². The summed E-state index contributed by atoms with van der Waals surface area (Å²) in [4.78, 5) is 26.7. The summed E-state index contributed by atoms with van der Waals surface area (Å²) >= 11 is 0. The van der Waals surface area contributed by atoms with Crippen LogP contribution in [0.1, 0.15) is 12.5 Å². The second-order valence-electron chi connectivity index (χ2n) is 7.25. The molecule has 9 nitrogen and oxygen atoms in total. The van der Waals surface area contributed by atoms with Crippen LogP contribution < -0.4 is 19.5 Å². The highest BCUT2D eigenvalue weighted by molar-refractivity contribution is 6.10. The predicted octanol–water partition coefficient (Wildman–Crippen LogP) is 2.88. The minimum atomic E-state index is -0.568. The molecule has 2 aromatic carbocycles. The number of benzene rings is 2. The number of amides is 2.